The summed E-state index contributed by atoms with van der Waals surface area (Å²) in [6, 6.07) is 12.8. The van der Waals surface area contributed by atoms with Crippen LogP contribution in [0.2, 0.25) is 0 Å². The molecule has 0 saturated carbocycles. The molecular weight excluding hydrogens is 372 g/mol. The number of fused-ring (bicyclic) bond motifs is 2. The number of nitrogens with one attached hydrogen (secondary N) is 1. The Morgan fingerprint density at radius 2 is 1.79 bits per heavy atom. The van der Waals surface area contributed by atoms with Crippen LogP contribution in [-0.4, -0.2) is 40.9 Å². The van der Waals surface area contributed by atoms with Crippen molar-refractivity contribution in [1.29, 1.82) is 0 Å². The largest absolute Gasteiger partial charge is 0.453 e. The summed E-state index contributed by atoms with van der Waals surface area (Å²) in [4.78, 5) is 33.2. The summed E-state index contributed by atoms with van der Waals surface area (Å²) in [6.45, 7) is 1.82. The maximum atomic E-state index is 12.4. The molecule has 0 bridgehead atoms. The molecule has 0 aliphatic carbocycles. The highest BCUT2D eigenvalue weighted by Gasteiger charge is 2.22. The number of ether oxygens (including phenoxy) is 2. The number of rotatable bonds is 2. The first-order valence-electron chi connectivity index (χ1n) is 8.84. The van der Waals surface area contributed by atoms with E-state index in [0.29, 0.717) is 22.6 Å². The minimum absolute atomic E-state index is 0.513. The van der Waals surface area contributed by atoms with Crippen LogP contribution in [0, 0.1) is 6.92 Å². The average molecular weight is 390 g/mol. The van der Waals surface area contributed by atoms with Gasteiger partial charge in [0.1, 0.15) is 0 Å². The van der Waals surface area contributed by atoms with E-state index in [1.807, 2.05) is 31.2 Å². The molecule has 2 heterocycles. The van der Waals surface area contributed by atoms with E-state index in [4.69, 9.17) is 9.72 Å². The molecule has 146 valence electrons. The number of nitrogens with zero attached hydrogens (tertiary/aromatic N) is 3. The van der Waals surface area contributed by atoms with Crippen LogP contribution in [0.15, 0.2) is 48.7 Å². The summed E-state index contributed by atoms with van der Waals surface area (Å²) < 4.78 is 11.1. The molecule has 0 aliphatic rings. The minimum Gasteiger partial charge on any atom is -0.453 e. The summed E-state index contributed by atoms with van der Waals surface area (Å²) >= 11 is 0. The van der Waals surface area contributed by atoms with Crippen molar-refractivity contribution in [3.63, 3.8) is 0 Å². The van der Waals surface area contributed by atoms with E-state index in [-0.39, 0.29) is 0 Å². The number of para-hydroxylation sites is 2. The molecule has 0 atom stereocenters. The van der Waals surface area contributed by atoms with Gasteiger partial charge in [-0.25, -0.2) is 19.1 Å². The molecule has 29 heavy (non-hydrogen) atoms. The Labute approximate surface area is 166 Å². The van der Waals surface area contributed by atoms with Crippen molar-refractivity contribution in [2.24, 2.45) is 0 Å². The Hall–Kier alpha value is -3.94. The summed E-state index contributed by atoms with van der Waals surface area (Å²) in [5.41, 5.74) is 4.69. The van der Waals surface area contributed by atoms with E-state index < -0.39 is 12.2 Å². The molecule has 0 saturated heterocycles. The third-order valence-electron chi connectivity index (χ3n) is 4.70. The molecule has 1 amide bonds. The van der Waals surface area contributed by atoms with Crippen LogP contribution in [0.25, 0.3) is 33.2 Å². The zero-order valence-electron chi connectivity index (χ0n) is 16.1. The number of hydrogen-bond donors (Lipinski definition) is 1. The van der Waals surface area contributed by atoms with E-state index in [0.717, 1.165) is 22.0 Å². The SMILES string of the molecule is COC(=O)Nc1ccc2c(c1)c(-c1cnc3ccccc3n1)c(C)n2C(=O)OC. The van der Waals surface area contributed by atoms with Crippen molar-refractivity contribution < 1.29 is 19.1 Å². The van der Waals surface area contributed by atoms with Gasteiger partial charge in [-0.3, -0.25) is 10.3 Å². The number of aromatic nitrogens is 3. The van der Waals surface area contributed by atoms with Crippen LogP contribution in [0.4, 0.5) is 15.3 Å². The number of carbonyl (C=O) groups is 2. The fraction of sp³-hybridized carbons (Fsp3) is 0.143. The molecule has 0 radical (unpaired) electrons. The second kappa shape index (κ2) is 7.23. The lowest BCUT2D eigenvalue weighted by atomic mass is 10.1. The highest BCUT2D eigenvalue weighted by atomic mass is 16.5. The topological polar surface area (TPSA) is 95.3 Å². The van der Waals surface area contributed by atoms with Crippen LogP contribution in [0.5, 0.6) is 0 Å². The molecular formula is C21H18N4O4. The number of benzene rings is 2. The second-order valence-electron chi connectivity index (χ2n) is 6.36. The van der Waals surface area contributed by atoms with Gasteiger partial charge in [0, 0.05) is 22.3 Å². The normalized spacial score (nSPS) is 10.9. The van der Waals surface area contributed by atoms with Gasteiger partial charge in [0.2, 0.25) is 0 Å². The third-order valence-corrected chi connectivity index (χ3v) is 4.70. The first kappa shape index (κ1) is 18.4. The lowest BCUT2D eigenvalue weighted by molar-refractivity contribution is 0.173. The predicted molar refractivity (Wildman–Crippen MR) is 109 cm³/mol. The minimum atomic E-state index is -0.583. The van der Waals surface area contributed by atoms with Gasteiger partial charge in [0.25, 0.3) is 0 Å². The Morgan fingerprint density at radius 3 is 2.52 bits per heavy atom. The van der Waals surface area contributed by atoms with Crippen LogP contribution >= 0.6 is 0 Å². The smallest absolute Gasteiger partial charge is 0.418 e. The average Bonchev–Trinajstić information content (AvgIpc) is 3.03. The highest BCUT2D eigenvalue weighted by molar-refractivity contribution is 6.04. The molecule has 8 heteroatoms. The van der Waals surface area contributed by atoms with Gasteiger partial charge in [0.05, 0.1) is 42.7 Å². The van der Waals surface area contributed by atoms with E-state index in [1.54, 1.807) is 24.4 Å². The molecule has 2 aromatic heterocycles. The van der Waals surface area contributed by atoms with E-state index in [1.165, 1.54) is 18.8 Å². The fourth-order valence-corrected chi connectivity index (χ4v) is 3.39. The number of anilines is 1. The number of methoxy groups -OCH3 is 2. The van der Waals surface area contributed by atoms with E-state index in [2.05, 4.69) is 15.0 Å². The molecule has 2 aromatic carbocycles. The maximum absolute atomic E-state index is 12.4. The summed E-state index contributed by atoms with van der Waals surface area (Å²) in [5, 5.41) is 3.37. The standard InChI is InChI=1S/C21H18N4O4/c1-12-19(17-11-22-15-6-4-5-7-16(15)24-17)14-10-13(23-20(26)28-2)8-9-18(14)25(12)21(27)29-3/h4-11H,1-3H3,(H,23,26). The summed E-state index contributed by atoms with van der Waals surface area (Å²) in [5.74, 6) is 0. The first-order chi connectivity index (χ1) is 14.0. The van der Waals surface area contributed by atoms with Crippen LogP contribution in [0.3, 0.4) is 0 Å². The molecule has 0 aliphatic heterocycles. The van der Waals surface area contributed by atoms with Crippen molar-refractivity contribution in [2.45, 2.75) is 6.92 Å². The molecule has 0 spiro atoms. The number of hydrogen-bond acceptors (Lipinski definition) is 6. The monoisotopic (exact) mass is 390 g/mol. The zero-order chi connectivity index (χ0) is 20.5. The van der Waals surface area contributed by atoms with Crippen molar-refractivity contribution in [3.8, 4) is 11.3 Å². The Bertz CT molecular complexity index is 1260. The molecule has 4 rings (SSSR count). The van der Waals surface area contributed by atoms with E-state index in [9.17, 15) is 9.59 Å². The number of amides is 1. The Balaban J connectivity index is 1.99. The molecule has 0 fully saturated rings. The van der Waals surface area contributed by atoms with E-state index >= 15 is 0 Å². The maximum Gasteiger partial charge on any atom is 0.418 e. The Morgan fingerprint density at radius 1 is 1.03 bits per heavy atom. The predicted octanol–water partition coefficient (Wildman–Crippen LogP) is 4.35. The van der Waals surface area contributed by atoms with Crippen molar-refractivity contribution in [3.05, 3.63) is 54.4 Å². The lowest BCUT2D eigenvalue weighted by Gasteiger charge is -2.06. The van der Waals surface area contributed by atoms with Gasteiger partial charge in [-0.15, -0.1) is 0 Å². The molecule has 8 nitrogen and oxygen atoms in total. The number of carbonyl (C=O) groups excluding carboxylic acids is 2. The molecule has 0 unspecified atom stereocenters. The van der Waals surface area contributed by atoms with Crippen molar-refractivity contribution >= 4 is 39.8 Å². The summed E-state index contributed by atoms with van der Waals surface area (Å²) in [7, 11) is 2.62. The van der Waals surface area contributed by atoms with Crippen molar-refractivity contribution in [2.75, 3.05) is 19.5 Å². The second-order valence-corrected chi connectivity index (χ2v) is 6.36. The summed E-state index contributed by atoms with van der Waals surface area (Å²) in [6.07, 6.45) is 0.577. The van der Waals surface area contributed by atoms with Gasteiger partial charge < -0.3 is 9.47 Å². The van der Waals surface area contributed by atoms with Gasteiger partial charge in [0.15, 0.2) is 0 Å². The van der Waals surface area contributed by atoms with Gasteiger partial charge in [-0.2, -0.15) is 0 Å². The lowest BCUT2D eigenvalue weighted by Crippen LogP contribution is -2.13. The van der Waals surface area contributed by atoms with Gasteiger partial charge in [-0.1, -0.05) is 12.1 Å². The highest BCUT2D eigenvalue weighted by Crippen LogP contribution is 2.35. The zero-order valence-corrected chi connectivity index (χ0v) is 16.1. The Kier molecular flexibility index (Phi) is 4.59. The van der Waals surface area contributed by atoms with Crippen LogP contribution in [-0.2, 0) is 9.47 Å². The molecule has 4 aromatic rings. The van der Waals surface area contributed by atoms with Crippen molar-refractivity contribution in [1.82, 2.24) is 14.5 Å². The first-order valence-corrected chi connectivity index (χ1v) is 8.84. The fourth-order valence-electron chi connectivity index (χ4n) is 3.39. The van der Waals surface area contributed by atoms with Gasteiger partial charge >= 0.3 is 12.2 Å². The quantitative estimate of drug-likeness (QED) is 0.547. The van der Waals surface area contributed by atoms with Crippen LogP contribution < -0.4 is 5.32 Å². The van der Waals surface area contributed by atoms with Gasteiger partial charge in [-0.05, 0) is 37.3 Å². The van der Waals surface area contributed by atoms with Crippen LogP contribution in [0.1, 0.15) is 5.69 Å². The molecule has 1 N–H and O–H groups in total. The third kappa shape index (κ3) is 3.14.